The van der Waals surface area contributed by atoms with Gasteiger partial charge in [-0.15, -0.1) is 0 Å². The number of nitrogens with zero attached hydrogens (tertiary/aromatic N) is 14. The number of thioether (sulfide) groups is 1. The Morgan fingerprint density at radius 3 is 1.49 bits per heavy atom. The van der Waals surface area contributed by atoms with Gasteiger partial charge in [-0.2, -0.15) is 20.7 Å². The predicted octanol–water partition coefficient (Wildman–Crippen LogP) is 6.36. The van der Waals surface area contributed by atoms with Crippen LogP contribution in [0.5, 0.6) is 0 Å². The molecule has 0 atom stereocenters. The summed E-state index contributed by atoms with van der Waals surface area (Å²) < 4.78 is 81.6. The Hall–Kier alpha value is -8.42. The predicted molar refractivity (Wildman–Crippen MR) is 258 cm³/mol. The van der Waals surface area contributed by atoms with Crippen molar-refractivity contribution in [3.63, 3.8) is 0 Å². The van der Waals surface area contributed by atoms with E-state index in [1.165, 1.54) is 57.3 Å². The van der Waals surface area contributed by atoms with Crippen molar-refractivity contribution >= 4 is 63.7 Å². The lowest BCUT2D eigenvalue weighted by atomic mass is 10.1. The molecular weight excluding hydrogens is 973 g/mol. The first-order valence-electron chi connectivity index (χ1n) is 20.6. The van der Waals surface area contributed by atoms with Gasteiger partial charge in [0.15, 0.2) is 16.5 Å². The molecule has 8 aromatic heterocycles. The lowest BCUT2D eigenvalue weighted by Crippen LogP contribution is -2.12. The van der Waals surface area contributed by atoms with Crippen molar-refractivity contribution in [1.29, 1.82) is 10.5 Å². The van der Waals surface area contributed by atoms with Crippen LogP contribution < -0.4 is 0 Å². The maximum atomic E-state index is 13.1. The SMILES string of the molecule is CS(=O)(=O)c1nccc(-c2cn(CC#N)nc2-c2cnc3c(ccn3S(=O)(=O)c3ccccc3)c2)n1.CSc1nccc(-c2cn(CC#N)nc2-c2cnc3c(ccn3S(=O)(=O)c3ccccc3)c2)n1. The number of fused-ring (bicyclic) bond motifs is 2. The zero-order valence-corrected chi connectivity index (χ0v) is 39.9. The van der Waals surface area contributed by atoms with Crippen molar-refractivity contribution < 1.29 is 25.3 Å². The smallest absolute Gasteiger partial charge is 0.257 e. The Bertz CT molecular complexity index is 4050. The highest BCUT2D eigenvalue weighted by Crippen LogP contribution is 2.34. The fraction of sp³-hybridized carbons (Fsp3) is 0.0870. The highest BCUT2D eigenvalue weighted by molar-refractivity contribution is 7.98. The summed E-state index contributed by atoms with van der Waals surface area (Å²) in [6.45, 7) is 0.0349. The quantitative estimate of drug-likeness (QED) is 0.0951. The van der Waals surface area contributed by atoms with Crippen molar-refractivity contribution in [3.05, 3.63) is 147 Å². The summed E-state index contributed by atoms with van der Waals surface area (Å²) in [5.41, 5.74) is 4.92. The molecule has 0 saturated heterocycles. The third-order valence-corrected chi connectivity index (χ3v) is 15.2. The first-order valence-corrected chi connectivity index (χ1v) is 26.5. The average Bonchev–Trinajstić information content (AvgIpc) is 4.20. The maximum Gasteiger partial charge on any atom is 0.269 e. The zero-order valence-electron chi connectivity index (χ0n) is 36.6. The molecule has 0 aliphatic heterocycles. The normalized spacial score (nSPS) is 11.8. The lowest BCUT2D eigenvalue weighted by molar-refractivity contribution is 0.587. The fourth-order valence-electron chi connectivity index (χ4n) is 7.27. The van der Waals surface area contributed by atoms with Gasteiger partial charge in [-0.25, -0.2) is 63.1 Å². The minimum absolute atomic E-state index is 0.0433. The van der Waals surface area contributed by atoms with E-state index in [9.17, 15) is 25.3 Å². The molecule has 0 radical (unpaired) electrons. The third-order valence-electron chi connectivity index (χ3n) is 10.5. The second-order valence-electron chi connectivity index (χ2n) is 15.1. The molecule has 0 aliphatic rings. The van der Waals surface area contributed by atoms with Crippen LogP contribution in [0.1, 0.15) is 0 Å². The highest BCUT2D eigenvalue weighted by atomic mass is 32.2. The lowest BCUT2D eigenvalue weighted by Gasteiger charge is -2.07. The van der Waals surface area contributed by atoms with Crippen LogP contribution >= 0.6 is 11.8 Å². The Morgan fingerprint density at radius 2 is 1.04 bits per heavy atom. The molecule has 0 N–H and O–H groups in total. The number of benzene rings is 2. The van der Waals surface area contributed by atoms with Gasteiger partial charge in [0.1, 0.15) is 24.5 Å². The molecule has 0 aliphatic carbocycles. The first kappa shape index (κ1) is 46.7. The van der Waals surface area contributed by atoms with Crippen LogP contribution in [0.15, 0.2) is 167 Å². The molecule has 0 saturated carbocycles. The van der Waals surface area contributed by atoms with E-state index in [0.29, 0.717) is 61.0 Å². The summed E-state index contributed by atoms with van der Waals surface area (Å²) in [5, 5.41) is 28.8. The topological polar surface area (TPSA) is 273 Å². The maximum absolute atomic E-state index is 13.1. The van der Waals surface area contributed by atoms with Gasteiger partial charge < -0.3 is 0 Å². The number of pyridine rings is 2. The van der Waals surface area contributed by atoms with Crippen LogP contribution in [0.3, 0.4) is 0 Å². The van der Waals surface area contributed by atoms with Crippen molar-refractivity contribution in [2.45, 2.75) is 33.2 Å². The van der Waals surface area contributed by atoms with E-state index < -0.39 is 29.9 Å². The Kier molecular flexibility index (Phi) is 12.6. The van der Waals surface area contributed by atoms with Crippen molar-refractivity contribution in [2.24, 2.45) is 0 Å². The Morgan fingerprint density at radius 1 is 0.586 bits per heavy atom. The van der Waals surface area contributed by atoms with E-state index in [1.54, 1.807) is 108 Å². The van der Waals surface area contributed by atoms with Crippen LogP contribution in [0.4, 0.5) is 0 Å². The van der Waals surface area contributed by atoms with E-state index in [0.717, 1.165) is 15.8 Å². The van der Waals surface area contributed by atoms with Gasteiger partial charge in [-0.1, -0.05) is 48.2 Å². The highest BCUT2D eigenvalue weighted by Gasteiger charge is 2.24. The second-order valence-corrected chi connectivity index (χ2v) is 21.4. The van der Waals surface area contributed by atoms with Gasteiger partial charge >= 0.3 is 0 Å². The monoisotopic (exact) mass is 1010 g/mol. The number of hydrogen-bond donors (Lipinski definition) is 0. The van der Waals surface area contributed by atoms with Gasteiger partial charge in [0.2, 0.25) is 15.0 Å². The van der Waals surface area contributed by atoms with Gasteiger partial charge in [-0.05, 0) is 66.9 Å². The Balaban J connectivity index is 0.000000174. The van der Waals surface area contributed by atoms with Crippen LogP contribution in [-0.4, -0.2) is 95.2 Å². The number of aromatic nitrogens is 12. The number of rotatable bonds is 12. The third kappa shape index (κ3) is 9.14. The average molecular weight is 1010 g/mol. The number of hydrogen-bond acceptors (Lipinski definition) is 17. The molecule has 0 unspecified atom stereocenters. The van der Waals surface area contributed by atoms with E-state index >= 15 is 0 Å². The first-order chi connectivity index (χ1) is 33.7. The molecule has 20 nitrogen and oxygen atoms in total. The summed E-state index contributed by atoms with van der Waals surface area (Å²) in [6.07, 6.45) is 15.2. The standard InChI is InChI=1S/C23H17N7O4S2.C23H17N7O2S2/c1-35(31,32)23-25-10-7-20(27-23)19-15-29(12-9-24)28-21(19)17-13-16-8-11-30(22(16)26-14-17)36(33,34)18-5-3-2-4-6-18;1-33-23-25-10-7-20(27-23)19-15-29(12-9-24)28-21(19)17-13-16-8-11-30(22(16)26-14-17)34(31,32)18-5-3-2-4-6-18/h2-8,10-11,13-15H,12H2,1H3;2-8,10-11,13-15H,12H2,1H3. The van der Waals surface area contributed by atoms with Crippen LogP contribution in [0, 0.1) is 22.7 Å². The fourth-order valence-corrected chi connectivity index (χ4v) is 10.8. The largest absolute Gasteiger partial charge is 0.269 e. The Labute approximate surface area is 404 Å². The molecular formula is C46H34N14O6S4. The van der Waals surface area contributed by atoms with Crippen molar-refractivity contribution in [1.82, 2.24) is 57.4 Å². The van der Waals surface area contributed by atoms with E-state index in [1.807, 2.05) is 18.4 Å². The number of nitriles is 2. The molecule has 0 bridgehead atoms. The van der Waals surface area contributed by atoms with Crippen molar-refractivity contribution in [2.75, 3.05) is 12.5 Å². The summed E-state index contributed by atoms with van der Waals surface area (Å²) in [4.78, 5) is 26.0. The van der Waals surface area contributed by atoms with E-state index in [-0.39, 0.29) is 33.7 Å². The minimum atomic E-state index is -3.85. The molecule has 0 amide bonds. The number of sulfone groups is 1. The van der Waals surface area contributed by atoms with Gasteiger partial charge in [0.05, 0.1) is 33.3 Å². The molecule has 0 fully saturated rings. The van der Waals surface area contributed by atoms with E-state index in [2.05, 4.69) is 46.2 Å². The summed E-state index contributed by atoms with van der Waals surface area (Å²) in [6, 6.07) is 30.6. The van der Waals surface area contributed by atoms with Gasteiger partial charge in [0, 0.05) is 88.9 Å². The molecule has 8 heterocycles. The molecule has 348 valence electrons. The molecule has 2 aromatic carbocycles. The second kappa shape index (κ2) is 18.9. The van der Waals surface area contributed by atoms with Crippen LogP contribution in [0.25, 0.3) is 67.1 Å². The van der Waals surface area contributed by atoms with E-state index in [4.69, 9.17) is 10.5 Å². The van der Waals surface area contributed by atoms with Gasteiger partial charge in [0.25, 0.3) is 20.0 Å². The zero-order chi connectivity index (χ0) is 49.2. The summed E-state index contributed by atoms with van der Waals surface area (Å²) in [7, 11) is -11.3. The summed E-state index contributed by atoms with van der Waals surface area (Å²) >= 11 is 1.43. The van der Waals surface area contributed by atoms with Gasteiger partial charge in [-0.3, -0.25) is 9.36 Å². The molecule has 10 aromatic rings. The molecule has 70 heavy (non-hydrogen) atoms. The molecule has 24 heteroatoms. The van der Waals surface area contributed by atoms with Crippen molar-refractivity contribution in [3.8, 4) is 57.2 Å². The minimum Gasteiger partial charge on any atom is -0.257 e. The molecule has 0 spiro atoms. The summed E-state index contributed by atoms with van der Waals surface area (Å²) in [5.74, 6) is 0. The van der Waals surface area contributed by atoms with Crippen LogP contribution in [0.2, 0.25) is 0 Å². The van der Waals surface area contributed by atoms with Crippen LogP contribution in [-0.2, 0) is 43.0 Å². The molecule has 10 rings (SSSR count).